The zero-order valence-electron chi connectivity index (χ0n) is 13.4. The predicted molar refractivity (Wildman–Crippen MR) is 88.3 cm³/mol. The van der Waals surface area contributed by atoms with Gasteiger partial charge in [0.2, 0.25) is 0 Å². The van der Waals surface area contributed by atoms with E-state index in [4.69, 9.17) is 0 Å². The van der Waals surface area contributed by atoms with E-state index in [0.29, 0.717) is 11.1 Å². The van der Waals surface area contributed by atoms with Crippen molar-refractivity contribution in [3.63, 3.8) is 0 Å². The summed E-state index contributed by atoms with van der Waals surface area (Å²) in [7, 11) is 1.21. The number of likely N-dealkylation sites (tertiary alicyclic amines) is 1. The molecule has 0 saturated carbocycles. The van der Waals surface area contributed by atoms with Gasteiger partial charge < -0.3 is 9.64 Å². The van der Waals surface area contributed by atoms with Crippen molar-refractivity contribution in [3.05, 3.63) is 59.4 Å². The fourth-order valence-corrected chi connectivity index (χ4v) is 2.95. The van der Waals surface area contributed by atoms with Crippen molar-refractivity contribution in [3.8, 4) is 11.1 Å². The summed E-state index contributed by atoms with van der Waals surface area (Å²) in [5.41, 5.74) is 1.24. The maximum absolute atomic E-state index is 14.6. The van der Waals surface area contributed by atoms with E-state index >= 15 is 0 Å². The smallest absolute Gasteiger partial charge is 0.340 e. The Kier molecular flexibility index (Phi) is 4.60. The third-order valence-electron chi connectivity index (χ3n) is 4.22. The summed E-state index contributed by atoms with van der Waals surface area (Å²) in [5, 5.41) is 0. The van der Waals surface area contributed by atoms with Crippen LogP contribution in [0.2, 0.25) is 0 Å². The van der Waals surface area contributed by atoms with Crippen LogP contribution in [0.15, 0.2) is 42.5 Å². The Balaban J connectivity index is 1.97. The van der Waals surface area contributed by atoms with Crippen LogP contribution >= 0.6 is 0 Å². The van der Waals surface area contributed by atoms with E-state index in [1.54, 1.807) is 41.3 Å². The molecule has 4 nitrogen and oxygen atoms in total. The molecule has 5 heteroatoms. The largest absolute Gasteiger partial charge is 0.465 e. The van der Waals surface area contributed by atoms with Crippen molar-refractivity contribution in [1.29, 1.82) is 0 Å². The van der Waals surface area contributed by atoms with Gasteiger partial charge in [-0.3, -0.25) is 4.79 Å². The third-order valence-corrected chi connectivity index (χ3v) is 4.22. The van der Waals surface area contributed by atoms with Crippen LogP contribution in [0.5, 0.6) is 0 Å². The number of rotatable bonds is 3. The van der Waals surface area contributed by atoms with Crippen molar-refractivity contribution < 1.29 is 18.7 Å². The molecule has 24 heavy (non-hydrogen) atoms. The second-order valence-electron chi connectivity index (χ2n) is 5.74. The first-order chi connectivity index (χ1) is 11.6. The van der Waals surface area contributed by atoms with Crippen LogP contribution in [0.1, 0.15) is 33.6 Å². The summed E-state index contributed by atoms with van der Waals surface area (Å²) in [6.45, 7) is 1.52. The molecule has 1 heterocycles. The Bertz CT molecular complexity index is 782. The Morgan fingerprint density at radius 1 is 1.08 bits per heavy atom. The lowest BCUT2D eigenvalue weighted by molar-refractivity contribution is 0.0595. The molecule has 0 atom stereocenters. The minimum absolute atomic E-state index is 0.0427. The molecule has 0 radical (unpaired) electrons. The molecule has 3 rings (SSSR count). The van der Waals surface area contributed by atoms with Crippen molar-refractivity contribution >= 4 is 11.9 Å². The molecule has 0 aliphatic carbocycles. The van der Waals surface area contributed by atoms with E-state index in [0.717, 1.165) is 25.9 Å². The first-order valence-electron chi connectivity index (χ1n) is 7.88. The van der Waals surface area contributed by atoms with E-state index in [1.165, 1.54) is 13.2 Å². The molecule has 0 N–H and O–H groups in total. The molecule has 0 spiro atoms. The quantitative estimate of drug-likeness (QED) is 0.811. The Morgan fingerprint density at radius 2 is 1.79 bits per heavy atom. The zero-order chi connectivity index (χ0) is 17.1. The van der Waals surface area contributed by atoms with E-state index in [9.17, 15) is 14.0 Å². The SMILES string of the molecule is COC(=O)c1cccc(-c2cccc(C(=O)N3CCCC3)c2)c1F. The molecule has 124 valence electrons. The second-order valence-corrected chi connectivity index (χ2v) is 5.74. The molecule has 2 aromatic rings. The van der Waals surface area contributed by atoms with Gasteiger partial charge in [0.25, 0.3) is 5.91 Å². The number of nitrogens with zero attached hydrogens (tertiary/aromatic N) is 1. The summed E-state index contributed by atoms with van der Waals surface area (Å²) in [5.74, 6) is -1.41. The lowest BCUT2D eigenvalue weighted by atomic mass is 10.00. The number of carbonyl (C=O) groups excluding carboxylic acids is 2. The van der Waals surface area contributed by atoms with Gasteiger partial charge >= 0.3 is 5.97 Å². The molecule has 1 aliphatic rings. The summed E-state index contributed by atoms with van der Waals surface area (Å²) in [6, 6.07) is 11.4. The summed E-state index contributed by atoms with van der Waals surface area (Å²) in [6.07, 6.45) is 2.03. The molecular weight excluding hydrogens is 309 g/mol. The number of benzene rings is 2. The Hall–Kier alpha value is -2.69. The number of hydrogen-bond donors (Lipinski definition) is 0. The topological polar surface area (TPSA) is 46.6 Å². The second kappa shape index (κ2) is 6.83. The van der Waals surface area contributed by atoms with Gasteiger partial charge in [0, 0.05) is 24.2 Å². The third kappa shape index (κ3) is 3.02. The fourth-order valence-electron chi connectivity index (χ4n) is 2.95. The normalized spacial score (nSPS) is 13.8. The minimum atomic E-state index is -0.723. The van der Waals surface area contributed by atoms with Crippen LogP contribution in [0, 0.1) is 5.82 Å². The summed E-state index contributed by atoms with van der Waals surface area (Å²) in [4.78, 5) is 25.9. The molecule has 1 saturated heterocycles. The number of methoxy groups -OCH3 is 1. The van der Waals surface area contributed by atoms with Crippen LogP contribution in [-0.2, 0) is 4.74 Å². The standard InChI is InChI=1S/C19H18FNO3/c1-24-19(23)16-9-5-8-15(17(16)20)13-6-4-7-14(12-13)18(22)21-10-2-3-11-21/h4-9,12H,2-3,10-11H2,1H3. The van der Waals surface area contributed by atoms with Gasteiger partial charge in [0.05, 0.1) is 12.7 Å². The summed E-state index contributed by atoms with van der Waals surface area (Å²) < 4.78 is 19.2. The monoisotopic (exact) mass is 327 g/mol. The van der Waals surface area contributed by atoms with Crippen LogP contribution in [0.25, 0.3) is 11.1 Å². The lowest BCUT2D eigenvalue weighted by Gasteiger charge is -2.16. The molecule has 0 unspecified atom stereocenters. The zero-order valence-corrected chi connectivity index (χ0v) is 13.4. The Labute approximate surface area is 139 Å². The molecule has 2 aromatic carbocycles. The van der Waals surface area contributed by atoms with E-state index in [-0.39, 0.29) is 17.0 Å². The number of ether oxygens (including phenoxy) is 1. The van der Waals surface area contributed by atoms with Gasteiger partial charge in [0.1, 0.15) is 5.82 Å². The molecule has 0 aromatic heterocycles. The van der Waals surface area contributed by atoms with Crippen molar-refractivity contribution in [2.45, 2.75) is 12.8 Å². The van der Waals surface area contributed by atoms with Gasteiger partial charge in [-0.2, -0.15) is 0 Å². The number of hydrogen-bond acceptors (Lipinski definition) is 3. The fraction of sp³-hybridized carbons (Fsp3) is 0.263. The van der Waals surface area contributed by atoms with Gasteiger partial charge in [0.15, 0.2) is 0 Å². The maximum atomic E-state index is 14.6. The number of halogens is 1. The van der Waals surface area contributed by atoms with Crippen molar-refractivity contribution in [2.75, 3.05) is 20.2 Å². The van der Waals surface area contributed by atoms with E-state index < -0.39 is 11.8 Å². The highest BCUT2D eigenvalue weighted by atomic mass is 19.1. The highest BCUT2D eigenvalue weighted by Crippen LogP contribution is 2.27. The van der Waals surface area contributed by atoms with Crippen LogP contribution in [-0.4, -0.2) is 37.0 Å². The first-order valence-corrected chi connectivity index (χ1v) is 7.88. The average molecular weight is 327 g/mol. The van der Waals surface area contributed by atoms with Gasteiger partial charge in [-0.15, -0.1) is 0 Å². The number of esters is 1. The van der Waals surface area contributed by atoms with Gasteiger partial charge in [-0.1, -0.05) is 24.3 Å². The molecule has 0 bridgehead atoms. The minimum Gasteiger partial charge on any atom is -0.465 e. The van der Waals surface area contributed by atoms with Crippen LogP contribution < -0.4 is 0 Å². The summed E-state index contributed by atoms with van der Waals surface area (Å²) >= 11 is 0. The highest BCUT2D eigenvalue weighted by molar-refractivity contribution is 5.96. The number of carbonyl (C=O) groups is 2. The highest BCUT2D eigenvalue weighted by Gasteiger charge is 2.21. The Morgan fingerprint density at radius 3 is 2.50 bits per heavy atom. The van der Waals surface area contributed by atoms with Crippen LogP contribution in [0.3, 0.4) is 0 Å². The molecular formula is C19H18FNO3. The van der Waals surface area contributed by atoms with Crippen molar-refractivity contribution in [1.82, 2.24) is 4.90 Å². The van der Waals surface area contributed by atoms with Gasteiger partial charge in [-0.25, -0.2) is 9.18 Å². The molecule has 1 fully saturated rings. The van der Waals surface area contributed by atoms with Gasteiger partial charge in [-0.05, 0) is 36.6 Å². The maximum Gasteiger partial charge on any atom is 0.340 e. The average Bonchev–Trinajstić information content (AvgIpc) is 3.15. The molecule has 1 amide bonds. The lowest BCUT2D eigenvalue weighted by Crippen LogP contribution is -2.27. The van der Waals surface area contributed by atoms with E-state index in [1.807, 2.05) is 0 Å². The van der Waals surface area contributed by atoms with Crippen LogP contribution in [0.4, 0.5) is 4.39 Å². The number of amides is 1. The predicted octanol–water partition coefficient (Wildman–Crippen LogP) is 3.52. The van der Waals surface area contributed by atoms with E-state index in [2.05, 4.69) is 4.74 Å². The first kappa shape index (κ1) is 16.2. The van der Waals surface area contributed by atoms with Crippen molar-refractivity contribution in [2.24, 2.45) is 0 Å². The molecule has 1 aliphatic heterocycles.